The van der Waals surface area contributed by atoms with Crippen LogP contribution in [0.3, 0.4) is 0 Å². The van der Waals surface area contributed by atoms with E-state index in [-0.39, 0.29) is 5.82 Å². The van der Waals surface area contributed by atoms with E-state index in [0.29, 0.717) is 6.54 Å². The molecule has 4 heteroatoms. The average Bonchev–Trinajstić information content (AvgIpc) is 2.62. The number of nitrogens with zero attached hydrogens (tertiary/aromatic N) is 1. The van der Waals surface area contributed by atoms with E-state index in [2.05, 4.69) is 10.2 Å². The number of hydrogen-bond donors (Lipinski definition) is 1. The van der Waals surface area contributed by atoms with Crippen molar-refractivity contribution < 1.29 is 8.81 Å². The van der Waals surface area contributed by atoms with E-state index in [1.807, 2.05) is 21.0 Å². The van der Waals surface area contributed by atoms with E-state index in [1.54, 1.807) is 6.07 Å². The van der Waals surface area contributed by atoms with E-state index in [0.717, 1.165) is 35.4 Å². The standard InChI is InChI=1S/C14H19FN2O/c1-10-12-8-11(15)4-5-13(12)18-14(10)9-16-6-7-17(2)3/h4-5,8,16H,6-7,9H2,1-3H3. The number of rotatable bonds is 5. The van der Waals surface area contributed by atoms with Gasteiger partial charge in [-0.3, -0.25) is 0 Å². The van der Waals surface area contributed by atoms with Crippen LogP contribution in [0.1, 0.15) is 11.3 Å². The Labute approximate surface area is 107 Å². The van der Waals surface area contributed by atoms with Crippen LogP contribution < -0.4 is 5.32 Å². The van der Waals surface area contributed by atoms with Gasteiger partial charge in [-0.2, -0.15) is 0 Å². The Hall–Kier alpha value is -1.39. The highest BCUT2D eigenvalue weighted by atomic mass is 19.1. The summed E-state index contributed by atoms with van der Waals surface area (Å²) in [5.41, 5.74) is 1.76. The predicted octanol–water partition coefficient (Wildman–Crippen LogP) is 2.53. The van der Waals surface area contributed by atoms with Crippen molar-refractivity contribution in [2.75, 3.05) is 27.2 Å². The van der Waals surface area contributed by atoms with Crippen molar-refractivity contribution in [2.24, 2.45) is 0 Å². The Kier molecular flexibility index (Phi) is 3.99. The van der Waals surface area contributed by atoms with Gasteiger partial charge in [-0.1, -0.05) is 0 Å². The highest BCUT2D eigenvalue weighted by Gasteiger charge is 2.10. The summed E-state index contributed by atoms with van der Waals surface area (Å²) in [4.78, 5) is 2.12. The van der Waals surface area contributed by atoms with Gasteiger partial charge >= 0.3 is 0 Å². The maximum absolute atomic E-state index is 13.2. The van der Waals surface area contributed by atoms with Crippen molar-refractivity contribution in [2.45, 2.75) is 13.5 Å². The van der Waals surface area contributed by atoms with Crippen molar-refractivity contribution in [3.8, 4) is 0 Å². The first kappa shape index (κ1) is 13.1. The molecule has 2 aromatic rings. The second-order valence-electron chi connectivity index (χ2n) is 4.77. The summed E-state index contributed by atoms with van der Waals surface area (Å²) in [7, 11) is 4.08. The fraction of sp³-hybridized carbons (Fsp3) is 0.429. The molecule has 0 saturated heterocycles. The number of likely N-dealkylation sites (N-methyl/N-ethyl adjacent to an activating group) is 1. The molecule has 2 rings (SSSR count). The SMILES string of the molecule is Cc1c(CNCCN(C)C)oc2ccc(F)cc12. The molecule has 0 fully saturated rings. The summed E-state index contributed by atoms with van der Waals surface area (Å²) >= 11 is 0. The van der Waals surface area contributed by atoms with Crippen LogP contribution in [0.15, 0.2) is 22.6 Å². The molecule has 0 spiro atoms. The van der Waals surface area contributed by atoms with Crippen LogP contribution in [-0.4, -0.2) is 32.1 Å². The molecule has 0 radical (unpaired) electrons. The third-order valence-corrected chi connectivity index (χ3v) is 3.02. The number of furan rings is 1. The summed E-state index contributed by atoms with van der Waals surface area (Å²) in [6.07, 6.45) is 0. The smallest absolute Gasteiger partial charge is 0.134 e. The monoisotopic (exact) mass is 250 g/mol. The third-order valence-electron chi connectivity index (χ3n) is 3.02. The van der Waals surface area contributed by atoms with Crippen molar-refractivity contribution in [3.05, 3.63) is 35.3 Å². The summed E-state index contributed by atoms with van der Waals surface area (Å²) in [5.74, 6) is 0.660. The quantitative estimate of drug-likeness (QED) is 0.827. The predicted molar refractivity (Wildman–Crippen MR) is 71.2 cm³/mol. The highest BCUT2D eigenvalue weighted by Crippen LogP contribution is 2.25. The molecular weight excluding hydrogens is 231 g/mol. The van der Waals surface area contributed by atoms with Crippen LogP contribution in [-0.2, 0) is 6.54 Å². The largest absolute Gasteiger partial charge is 0.459 e. The Morgan fingerprint density at radius 2 is 2.11 bits per heavy atom. The van der Waals surface area contributed by atoms with E-state index in [4.69, 9.17) is 4.42 Å². The summed E-state index contributed by atoms with van der Waals surface area (Å²) < 4.78 is 18.9. The van der Waals surface area contributed by atoms with Gasteiger partial charge in [-0.25, -0.2) is 4.39 Å². The number of benzene rings is 1. The molecule has 0 aliphatic carbocycles. The molecule has 3 nitrogen and oxygen atoms in total. The first-order chi connectivity index (χ1) is 8.58. The highest BCUT2D eigenvalue weighted by molar-refractivity contribution is 5.82. The number of fused-ring (bicyclic) bond motifs is 1. The zero-order valence-electron chi connectivity index (χ0n) is 11.1. The van der Waals surface area contributed by atoms with Gasteiger partial charge in [-0.15, -0.1) is 0 Å². The fourth-order valence-corrected chi connectivity index (χ4v) is 1.92. The minimum absolute atomic E-state index is 0.224. The maximum atomic E-state index is 13.2. The molecule has 18 heavy (non-hydrogen) atoms. The molecule has 0 aliphatic heterocycles. The van der Waals surface area contributed by atoms with Crippen LogP contribution in [0.25, 0.3) is 11.0 Å². The van der Waals surface area contributed by atoms with Gasteiger partial charge in [0.15, 0.2) is 0 Å². The molecule has 0 amide bonds. The minimum atomic E-state index is -0.224. The van der Waals surface area contributed by atoms with Crippen LogP contribution in [0.4, 0.5) is 4.39 Å². The Morgan fingerprint density at radius 1 is 1.33 bits per heavy atom. The minimum Gasteiger partial charge on any atom is -0.459 e. The van der Waals surface area contributed by atoms with Gasteiger partial charge in [-0.05, 0) is 44.8 Å². The van der Waals surface area contributed by atoms with E-state index in [9.17, 15) is 4.39 Å². The molecule has 0 unspecified atom stereocenters. The molecule has 98 valence electrons. The Morgan fingerprint density at radius 3 is 2.83 bits per heavy atom. The van der Waals surface area contributed by atoms with Crippen LogP contribution >= 0.6 is 0 Å². The van der Waals surface area contributed by atoms with E-state index in [1.165, 1.54) is 12.1 Å². The van der Waals surface area contributed by atoms with Crippen LogP contribution in [0.2, 0.25) is 0 Å². The number of aryl methyl sites for hydroxylation is 1. The lowest BCUT2D eigenvalue weighted by atomic mass is 10.1. The van der Waals surface area contributed by atoms with E-state index >= 15 is 0 Å². The molecule has 0 bridgehead atoms. The Balaban J connectivity index is 2.07. The summed E-state index contributed by atoms with van der Waals surface area (Å²) in [6.45, 7) is 4.52. The van der Waals surface area contributed by atoms with Gasteiger partial charge in [0.05, 0.1) is 6.54 Å². The zero-order chi connectivity index (χ0) is 13.1. The lowest BCUT2D eigenvalue weighted by molar-refractivity contribution is 0.393. The first-order valence-electron chi connectivity index (χ1n) is 6.11. The van der Waals surface area contributed by atoms with Crippen molar-refractivity contribution >= 4 is 11.0 Å². The van der Waals surface area contributed by atoms with Gasteiger partial charge in [0, 0.05) is 18.5 Å². The second-order valence-corrected chi connectivity index (χ2v) is 4.77. The van der Waals surface area contributed by atoms with Gasteiger partial charge in [0.2, 0.25) is 0 Å². The first-order valence-corrected chi connectivity index (χ1v) is 6.11. The molecule has 1 N–H and O–H groups in total. The molecule has 0 saturated carbocycles. The van der Waals surface area contributed by atoms with E-state index < -0.39 is 0 Å². The van der Waals surface area contributed by atoms with Crippen molar-refractivity contribution in [1.82, 2.24) is 10.2 Å². The molecule has 0 aliphatic rings. The molecule has 1 aromatic heterocycles. The lowest BCUT2D eigenvalue weighted by Gasteiger charge is -2.09. The normalized spacial score (nSPS) is 11.6. The van der Waals surface area contributed by atoms with Crippen LogP contribution in [0, 0.1) is 12.7 Å². The lowest BCUT2D eigenvalue weighted by Crippen LogP contribution is -2.26. The topological polar surface area (TPSA) is 28.4 Å². The van der Waals surface area contributed by atoms with Crippen molar-refractivity contribution in [1.29, 1.82) is 0 Å². The second kappa shape index (κ2) is 5.50. The molecule has 1 heterocycles. The summed E-state index contributed by atoms with van der Waals surface area (Å²) in [6, 6.07) is 4.63. The molecular formula is C14H19FN2O. The van der Waals surface area contributed by atoms with Gasteiger partial charge < -0.3 is 14.6 Å². The van der Waals surface area contributed by atoms with Gasteiger partial charge in [0.25, 0.3) is 0 Å². The third kappa shape index (κ3) is 2.89. The van der Waals surface area contributed by atoms with Gasteiger partial charge in [0.1, 0.15) is 17.2 Å². The summed E-state index contributed by atoms with van der Waals surface area (Å²) in [5, 5.41) is 4.18. The number of nitrogens with one attached hydrogen (secondary N) is 1. The maximum Gasteiger partial charge on any atom is 0.134 e. The Bertz CT molecular complexity index is 534. The fourth-order valence-electron chi connectivity index (χ4n) is 1.92. The molecule has 1 aromatic carbocycles. The number of hydrogen-bond acceptors (Lipinski definition) is 3. The van der Waals surface area contributed by atoms with Crippen LogP contribution in [0.5, 0.6) is 0 Å². The number of halogens is 1. The molecule has 0 atom stereocenters. The average molecular weight is 250 g/mol. The van der Waals surface area contributed by atoms with Crippen molar-refractivity contribution in [3.63, 3.8) is 0 Å². The zero-order valence-corrected chi connectivity index (χ0v) is 11.1.